The third-order valence-corrected chi connectivity index (χ3v) is 8.29. The highest BCUT2D eigenvalue weighted by molar-refractivity contribution is 5.83. The number of esters is 2. The lowest BCUT2D eigenvalue weighted by molar-refractivity contribution is -0.155. The summed E-state index contributed by atoms with van der Waals surface area (Å²) in [6.07, 6.45) is 5.25. The lowest BCUT2D eigenvalue weighted by Gasteiger charge is -2.27. The Morgan fingerprint density at radius 1 is 0.821 bits per heavy atom. The highest BCUT2D eigenvalue weighted by Crippen LogP contribution is 2.44. The second-order valence-electron chi connectivity index (χ2n) is 16.4. The first kappa shape index (κ1) is 49.6. The van der Waals surface area contributed by atoms with Crippen molar-refractivity contribution in [2.75, 3.05) is 19.8 Å². The molecule has 11 heteroatoms. The third kappa shape index (κ3) is 19.5. The molecule has 0 aliphatic heterocycles. The largest absolute Gasteiger partial charge is 0.460 e. The van der Waals surface area contributed by atoms with Crippen molar-refractivity contribution in [3.8, 4) is 11.1 Å². The number of aliphatic hydroxyl groups is 1. The first-order chi connectivity index (χ1) is 26.3. The molecule has 0 bridgehead atoms. The smallest absolute Gasteiger partial charge is 0.407 e. The van der Waals surface area contributed by atoms with Crippen LogP contribution in [0.5, 0.6) is 0 Å². The maximum absolute atomic E-state index is 12.7. The maximum atomic E-state index is 12.7. The summed E-state index contributed by atoms with van der Waals surface area (Å²) in [6.45, 7) is 21.5. The van der Waals surface area contributed by atoms with Gasteiger partial charge in [-0.15, -0.1) is 0 Å². The molecule has 1 atom stereocenters. The van der Waals surface area contributed by atoms with E-state index in [1.54, 1.807) is 6.92 Å². The third-order valence-electron chi connectivity index (χ3n) is 8.29. The maximum Gasteiger partial charge on any atom is 0.407 e. The molecule has 1 saturated carbocycles. The molecule has 314 valence electrons. The Kier molecular flexibility index (Phi) is 22.2. The highest BCUT2D eigenvalue weighted by atomic mass is 16.6. The number of aliphatic hydroxyl groups excluding tert-OH is 1. The van der Waals surface area contributed by atoms with Crippen molar-refractivity contribution in [3.05, 3.63) is 70.9 Å². The van der Waals surface area contributed by atoms with E-state index < -0.39 is 23.6 Å². The molecular formula is C45H71N3O8. The molecule has 2 aliphatic rings. The zero-order valence-corrected chi connectivity index (χ0v) is 36.0. The second-order valence-corrected chi connectivity index (χ2v) is 16.4. The van der Waals surface area contributed by atoms with E-state index in [1.807, 2.05) is 77.9 Å². The van der Waals surface area contributed by atoms with E-state index in [-0.39, 0.29) is 43.0 Å². The fraction of sp³-hybridized carbons (Fsp3) is 0.600. The fourth-order valence-electron chi connectivity index (χ4n) is 5.57. The molecule has 2 aliphatic carbocycles. The summed E-state index contributed by atoms with van der Waals surface area (Å²) in [4.78, 5) is 47.9. The lowest BCUT2D eigenvalue weighted by atomic mass is 9.87. The van der Waals surface area contributed by atoms with Crippen LogP contribution in [0.25, 0.3) is 11.1 Å². The van der Waals surface area contributed by atoms with E-state index >= 15 is 0 Å². The summed E-state index contributed by atoms with van der Waals surface area (Å²) in [7, 11) is 0. The molecule has 0 radical (unpaired) electrons. The van der Waals surface area contributed by atoms with Gasteiger partial charge in [-0.1, -0.05) is 89.6 Å². The first-order valence-electron chi connectivity index (χ1n) is 20.2. The van der Waals surface area contributed by atoms with Gasteiger partial charge in [-0.25, -0.2) is 4.79 Å². The monoisotopic (exact) mass is 782 g/mol. The van der Waals surface area contributed by atoms with E-state index in [4.69, 9.17) is 25.1 Å². The van der Waals surface area contributed by atoms with E-state index in [9.17, 15) is 19.2 Å². The van der Waals surface area contributed by atoms with E-state index in [0.717, 1.165) is 53.5 Å². The molecule has 1 fully saturated rings. The molecule has 2 aromatic rings. The SMILES string of the molecule is CC(C)(C)OC(=O)CCC(NC(=O)CNC(=O)OCC1c2ccccc2-c2ccccc21)C(N)=C1CCC1.CC(C)CCO.CCC.CCC(=O)OC(C)(C)C. The number of nitrogens with two attached hydrogens (primary N) is 1. The standard InChI is InChI=1S/C30H37N3O5.C7H14O2.C5H12O.C3H8/c1-30(2,3)38-27(35)16-15-25(28(31)19-9-8-10-19)33-26(34)17-32-29(36)37-18-24-22-13-6-4-11-20(22)21-12-5-7-14-23(21)24;1-5-6(8)9-7(2,3)4;1-5(2)3-4-6;1-3-2/h4-7,11-14,24-25H,8-10,15-18,31H2,1-3H3,(H,32,36)(H,33,34);5H2,1-4H3;5-6H,3-4H2,1-2H3;3H2,1-2H3. The molecule has 0 saturated heterocycles. The Morgan fingerprint density at radius 3 is 1.71 bits per heavy atom. The molecule has 56 heavy (non-hydrogen) atoms. The van der Waals surface area contributed by atoms with Gasteiger partial charge in [0, 0.05) is 31.1 Å². The van der Waals surface area contributed by atoms with Crippen molar-refractivity contribution in [1.82, 2.24) is 10.6 Å². The predicted octanol–water partition coefficient (Wildman–Crippen LogP) is 8.71. The number of nitrogens with one attached hydrogen (secondary N) is 2. The Labute approximate surface area is 336 Å². The van der Waals surface area contributed by atoms with Crippen LogP contribution in [0.3, 0.4) is 0 Å². The van der Waals surface area contributed by atoms with Gasteiger partial charge >= 0.3 is 18.0 Å². The lowest BCUT2D eigenvalue weighted by Crippen LogP contribution is -2.45. The van der Waals surface area contributed by atoms with E-state index in [2.05, 4.69) is 50.5 Å². The minimum Gasteiger partial charge on any atom is -0.460 e. The van der Waals surface area contributed by atoms with Gasteiger partial charge in [-0.3, -0.25) is 14.4 Å². The summed E-state index contributed by atoms with van der Waals surface area (Å²) in [6, 6.07) is 15.7. The van der Waals surface area contributed by atoms with Gasteiger partial charge in [0.1, 0.15) is 24.4 Å². The van der Waals surface area contributed by atoms with Gasteiger partial charge < -0.3 is 35.7 Å². The van der Waals surface area contributed by atoms with Gasteiger partial charge in [0.15, 0.2) is 0 Å². The fourth-order valence-corrected chi connectivity index (χ4v) is 5.57. The average molecular weight is 782 g/mol. The summed E-state index contributed by atoms with van der Waals surface area (Å²) in [5, 5.41) is 13.6. The predicted molar refractivity (Wildman–Crippen MR) is 224 cm³/mol. The summed E-state index contributed by atoms with van der Waals surface area (Å²) < 4.78 is 15.8. The van der Waals surface area contributed by atoms with Crippen LogP contribution < -0.4 is 16.4 Å². The minimum atomic E-state index is -0.669. The Morgan fingerprint density at radius 2 is 1.32 bits per heavy atom. The molecule has 1 unspecified atom stereocenters. The van der Waals surface area contributed by atoms with Crippen LogP contribution in [-0.2, 0) is 28.6 Å². The van der Waals surface area contributed by atoms with Crippen LogP contribution in [0.15, 0.2) is 59.8 Å². The van der Waals surface area contributed by atoms with Gasteiger partial charge in [0.2, 0.25) is 5.91 Å². The number of benzene rings is 2. The number of fused-ring (bicyclic) bond motifs is 3. The summed E-state index contributed by atoms with van der Waals surface area (Å²) in [5.74, 6) is -0.305. The van der Waals surface area contributed by atoms with Crippen LogP contribution in [-0.4, -0.2) is 66.0 Å². The summed E-state index contributed by atoms with van der Waals surface area (Å²) in [5.41, 5.74) is 11.6. The molecule has 2 amide bonds. The topological polar surface area (TPSA) is 166 Å². The zero-order valence-electron chi connectivity index (χ0n) is 36.0. The van der Waals surface area contributed by atoms with Crippen molar-refractivity contribution in [2.24, 2.45) is 11.7 Å². The minimum absolute atomic E-state index is 0.0619. The number of rotatable bonds is 12. The number of allylic oxidation sites excluding steroid dienone is 1. The number of ether oxygens (including phenoxy) is 3. The zero-order chi connectivity index (χ0) is 42.5. The van der Waals surface area contributed by atoms with E-state index in [1.165, 1.54) is 6.42 Å². The number of hydrogen-bond donors (Lipinski definition) is 4. The van der Waals surface area contributed by atoms with Crippen molar-refractivity contribution >= 4 is 23.9 Å². The molecule has 0 spiro atoms. The molecule has 5 N–H and O–H groups in total. The first-order valence-corrected chi connectivity index (χ1v) is 20.2. The van der Waals surface area contributed by atoms with Crippen LogP contribution in [0.4, 0.5) is 4.79 Å². The van der Waals surface area contributed by atoms with Gasteiger partial charge in [0.05, 0.1) is 6.04 Å². The van der Waals surface area contributed by atoms with Crippen LogP contribution in [0.1, 0.15) is 145 Å². The second kappa shape index (κ2) is 25.0. The molecule has 0 heterocycles. The van der Waals surface area contributed by atoms with Gasteiger partial charge in [-0.05, 0) is 107 Å². The van der Waals surface area contributed by atoms with Crippen molar-refractivity contribution < 1.29 is 38.5 Å². The molecule has 4 rings (SSSR count). The van der Waals surface area contributed by atoms with Crippen molar-refractivity contribution in [2.45, 2.75) is 151 Å². The van der Waals surface area contributed by atoms with Crippen LogP contribution in [0.2, 0.25) is 0 Å². The number of amides is 2. The Hall–Kier alpha value is -4.38. The molecule has 11 nitrogen and oxygen atoms in total. The molecule has 2 aromatic carbocycles. The van der Waals surface area contributed by atoms with Crippen LogP contribution in [0, 0.1) is 5.92 Å². The number of alkyl carbamates (subject to hydrolysis) is 1. The van der Waals surface area contributed by atoms with Gasteiger partial charge in [0.25, 0.3) is 0 Å². The van der Waals surface area contributed by atoms with E-state index in [0.29, 0.717) is 31.1 Å². The highest BCUT2D eigenvalue weighted by Gasteiger charge is 2.29. The quantitative estimate of drug-likeness (QED) is 0.122. The number of hydrogen-bond acceptors (Lipinski definition) is 9. The Balaban J connectivity index is 0.000000724. The van der Waals surface area contributed by atoms with Gasteiger partial charge in [-0.2, -0.15) is 0 Å². The van der Waals surface area contributed by atoms with Crippen molar-refractivity contribution in [1.29, 1.82) is 0 Å². The molecular weight excluding hydrogens is 711 g/mol. The normalized spacial score (nSPS) is 13.3. The number of carbonyl (C=O) groups excluding carboxylic acids is 4. The Bertz CT molecular complexity index is 1500. The van der Waals surface area contributed by atoms with Crippen LogP contribution >= 0.6 is 0 Å². The number of carbonyl (C=O) groups is 4. The average Bonchev–Trinajstić information content (AvgIpc) is 3.40. The molecule has 0 aromatic heterocycles. The summed E-state index contributed by atoms with van der Waals surface area (Å²) >= 11 is 0. The van der Waals surface area contributed by atoms with Crippen molar-refractivity contribution in [3.63, 3.8) is 0 Å².